The maximum absolute atomic E-state index is 13.1. The molecule has 0 aliphatic carbocycles. The number of aromatic nitrogens is 3. The monoisotopic (exact) mass is 475 g/mol. The molecule has 0 saturated heterocycles. The first-order valence-electron chi connectivity index (χ1n) is 11.6. The second kappa shape index (κ2) is 10.4. The van der Waals surface area contributed by atoms with E-state index in [1.54, 1.807) is 35.6 Å². The summed E-state index contributed by atoms with van der Waals surface area (Å²) in [6, 6.07) is 14.6. The molecule has 0 saturated carbocycles. The second-order valence-electron chi connectivity index (χ2n) is 8.10. The van der Waals surface area contributed by atoms with Crippen LogP contribution in [0.2, 0.25) is 0 Å². The number of nitrogens with zero attached hydrogens (tertiary/aromatic N) is 4. The van der Waals surface area contributed by atoms with Crippen LogP contribution in [0.5, 0.6) is 5.75 Å². The number of amides is 1. The van der Waals surface area contributed by atoms with Gasteiger partial charge >= 0.3 is 5.97 Å². The highest BCUT2D eigenvalue weighted by Gasteiger charge is 2.38. The smallest absolute Gasteiger partial charge is 0.338 e. The summed E-state index contributed by atoms with van der Waals surface area (Å²) in [5.74, 6) is 0.310. The Labute approximate surface area is 204 Å². The molecule has 1 aliphatic heterocycles. The molecule has 0 spiro atoms. The Kier molecular flexibility index (Phi) is 7.14. The van der Waals surface area contributed by atoms with E-state index >= 15 is 0 Å². The summed E-state index contributed by atoms with van der Waals surface area (Å²) < 4.78 is 12.7. The molecule has 9 nitrogen and oxygen atoms in total. The minimum absolute atomic E-state index is 0.0749. The van der Waals surface area contributed by atoms with Crippen LogP contribution in [0.15, 0.2) is 66.1 Å². The molecule has 2 heterocycles. The van der Waals surface area contributed by atoms with Crippen molar-refractivity contribution in [3.8, 4) is 5.75 Å². The third kappa shape index (κ3) is 4.89. The van der Waals surface area contributed by atoms with Crippen LogP contribution in [-0.4, -0.2) is 46.4 Å². The van der Waals surface area contributed by atoms with Crippen LogP contribution >= 0.6 is 0 Å². The molecule has 182 valence electrons. The van der Waals surface area contributed by atoms with E-state index in [9.17, 15) is 9.59 Å². The molecule has 1 aliphatic rings. The number of rotatable bonds is 8. The number of carbonyl (C=O) groups excluding carboxylic acids is 2. The van der Waals surface area contributed by atoms with E-state index in [1.807, 2.05) is 50.2 Å². The van der Waals surface area contributed by atoms with Gasteiger partial charge in [-0.05, 0) is 45.4 Å². The van der Waals surface area contributed by atoms with Crippen LogP contribution in [-0.2, 0) is 14.3 Å². The van der Waals surface area contributed by atoms with Gasteiger partial charge < -0.3 is 19.7 Å². The molecule has 2 aromatic carbocycles. The predicted octanol–water partition coefficient (Wildman–Crippen LogP) is 3.87. The van der Waals surface area contributed by atoms with Gasteiger partial charge in [-0.2, -0.15) is 10.1 Å². The van der Waals surface area contributed by atoms with E-state index in [-0.39, 0.29) is 19.1 Å². The SMILES string of the molecule is CCOC(=O)C1=C(C)N(CC(=O)Nc2ccccc2OCC)c2ncnn2[C@H]1c1ccc(C)cc1. The van der Waals surface area contributed by atoms with Gasteiger partial charge in [-0.3, -0.25) is 4.79 Å². The van der Waals surface area contributed by atoms with Crippen molar-refractivity contribution in [2.24, 2.45) is 0 Å². The zero-order valence-corrected chi connectivity index (χ0v) is 20.3. The van der Waals surface area contributed by atoms with Gasteiger partial charge in [0.1, 0.15) is 24.7 Å². The molecule has 4 rings (SSSR count). The number of fused-ring (bicyclic) bond motifs is 1. The van der Waals surface area contributed by atoms with Crippen LogP contribution in [0.4, 0.5) is 11.6 Å². The predicted molar refractivity (Wildman–Crippen MR) is 132 cm³/mol. The molecule has 1 N–H and O–H groups in total. The fraction of sp³-hybridized carbons (Fsp3) is 0.308. The van der Waals surface area contributed by atoms with E-state index in [0.717, 1.165) is 11.1 Å². The summed E-state index contributed by atoms with van der Waals surface area (Å²) in [6.45, 7) is 8.08. The maximum Gasteiger partial charge on any atom is 0.338 e. The van der Waals surface area contributed by atoms with Gasteiger partial charge in [0.05, 0.1) is 24.5 Å². The lowest BCUT2D eigenvalue weighted by atomic mass is 9.94. The van der Waals surface area contributed by atoms with E-state index < -0.39 is 12.0 Å². The van der Waals surface area contributed by atoms with Crippen LogP contribution in [0, 0.1) is 6.92 Å². The zero-order valence-electron chi connectivity index (χ0n) is 20.3. The van der Waals surface area contributed by atoms with E-state index in [1.165, 1.54) is 6.33 Å². The molecular formula is C26H29N5O4. The van der Waals surface area contributed by atoms with E-state index in [4.69, 9.17) is 9.47 Å². The van der Waals surface area contributed by atoms with Gasteiger partial charge in [0.15, 0.2) is 0 Å². The van der Waals surface area contributed by atoms with Gasteiger partial charge in [-0.15, -0.1) is 0 Å². The molecule has 35 heavy (non-hydrogen) atoms. The number of hydrogen-bond acceptors (Lipinski definition) is 7. The number of benzene rings is 2. The number of nitrogens with one attached hydrogen (secondary N) is 1. The highest BCUT2D eigenvalue weighted by atomic mass is 16.5. The molecule has 1 amide bonds. The summed E-state index contributed by atoms with van der Waals surface area (Å²) in [5.41, 5.74) is 3.55. The van der Waals surface area contributed by atoms with E-state index in [0.29, 0.717) is 35.3 Å². The average molecular weight is 476 g/mol. The van der Waals surface area contributed by atoms with Crippen LogP contribution in [0.1, 0.15) is 37.9 Å². The Balaban J connectivity index is 1.71. The van der Waals surface area contributed by atoms with Gasteiger partial charge in [-0.25, -0.2) is 9.48 Å². The molecule has 0 bridgehead atoms. The minimum atomic E-state index is -0.523. The second-order valence-corrected chi connectivity index (χ2v) is 8.10. The summed E-state index contributed by atoms with van der Waals surface area (Å²) in [6.07, 6.45) is 1.42. The third-order valence-corrected chi connectivity index (χ3v) is 5.76. The molecular weight excluding hydrogens is 446 g/mol. The third-order valence-electron chi connectivity index (χ3n) is 5.76. The lowest BCUT2D eigenvalue weighted by Crippen LogP contribution is -2.40. The minimum Gasteiger partial charge on any atom is -0.492 e. The Morgan fingerprint density at radius 3 is 2.49 bits per heavy atom. The molecule has 0 radical (unpaired) electrons. The molecule has 0 fully saturated rings. The van der Waals surface area contributed by atoms with Gasteiger partial charge in [0, 0.05) is 5.70 Å². The Morgan fingerprint density at radius 1 is 1.03 bits per heavy atom. The van der Waals surface area contributed by atoms with Crippen molar-refractivity contribution in [2.45, 2.75) is 33.7 Å². The number of ether oxygens (including phenoxy) is 2. The van der Waals surface area contributed by atoms with Crippen molar-refractivity contribution in [3.63, 3.8) is 0 Å². The summed E-state index contributed by atoms with van der Waals surface area (Å²) in [5, 5.41) is 7.32. The molecule has 0 unspecified atom stereocenters. The maximum atomic E-state index is 13.1. The van der Waals surface area contributed by atoms with Gasteiger partial charge in [0.25, 0.3) is 0 Å². The number of esters is 1. The zero-order chi connectivity index (χ0) is 24.9. The number of anilines is 2. The molecule has 9 heteroatoms. The number of allylic oxidation sites excluding steroid dienone is 1. The quantitative estimate of drug-likeness (QED) is 0.494. The van der Waals surface area contributed by atoms with Crippen molar-refractivity contribution in [3.05, 3.63) is 77.3 Å². The number of para-hydroxylation sites is 2. The number of aryl methyl sites for hydroxylation is 1. The lowest BCUT2D eigenvalue weighted by molar-refractivity contribution is -0.139. The molecule has 3 aromatic rings. The fourth-order valence-corrected chi connectivity index (χ4v) is 4.13. The Bertz CT molecular complexity index is 1250. The summed E-state index contributed by atoms with van der Waals surface area (Å²) in [7, 11) is 0. The molecule has 1 aromatic heterocycles. The van der Waals surface area contributed by atoms with E-state index in [2.05, 4.69) is 15.4 Å². The average Bonchev–Trinajstić information content (AvgIpc) is 3.32. The molecule has 1 atom stereocenters. The van der Waals surface area contributed by atoms with Crippen LogP contribution < -0.4 is 15.0 Å². The van der Waals surface area contributed by atoms with Gasteiger partial charge in [0.2, 0.25) is 11.9 Å². The summed E-state index contributed by atoms with van der Waals surface area (Å²) >= 11 is 0. The van der Waals surface area contributed by atoms with Crippen LogP contribution in [0.25, 0.3) is 0 Å². The highest BCUT2D eigenvalue weighted by Crippen LogP contribution is 2.38. The van der Waals surface area contributed by atoms with Crippen LogP contribution in [0.3, 0.4) is 0 Å². The summed E-state index contributed by atoms with van der Waals surface area (Å²) in [4.78, 5) is 32.3. The number of carbonyl (C=O) groups is 2. The first-order valence-corrected chi connectivity index (χ1v) is 11.6. The van der Waals surface area contributed by atoms with Gasteiger partial charge in [-0.1, -0.05) is 42.0 Å². The number of hydrogen-bond donors (Lipinski definition) is 1. The normalized spacial score (nSPS) is 15.0. The largest absolute Gasteiger partial charge is 0.492 e. The first kappa shape index (κ1) is 24.0. The van der Waals surface area contributed by atoms with Crippen molar-refractivity contribution >= 4 is 23.5 Å². The first-order chi connectivity index (χ1) is 16.9. The Hall–Kier alpha value is -4.14. The lowest BCUT2D eigenvalue weighted by Gasteiger charge is -2.35. The van der Waals surface area contributed by atoms with Crippen molar-refractivity contribution in [2.75, 3.05) is 30.0 Å². The van der Waals surface area contributed by atoms with Crippen molar-refractivity contribution < 1.29 is 19.1 Å². The van der Waals surface area contributed by atoms with Crippen molar-refractivity contribution in [1.29, 1.82) is 0 Å². The highest BCUT2D eigenvalue weighted by molar-refractivity contribution is 5.97. The standard InChI is InChI=1S/C26H29N5O4/c1-5-34-21-10-8-7-9-20(21)29-22(32)15-30-18(4)23(25(33)35-6-2)24(31-26(30)27-16-28-31)19-13-11-17(3)12-14-19/h7-14,16,24H,5-6,15H2,1-4H3,(H,29,32)/t24-/m0/s1. The topological polar surface area (TPSA) is 98.6 Å². The Morgan fingerprint density at radius 2 is 1.77 bits per heavy atom. The van der Waals surface area contributed by atoms with Crippen molar-refractivity contribution in [1.82, 2.24) is 14.8 Å². The fourth-order valence-electron chi connectivity index (χ4n) is 4.13.